The number of carbonyl (C=O) groups is 1. The normalized spacial score (nSPS) is 11.7. The van der Waals surface area contributed by atoms with Gasteiger partial charge >= 0.3 is 0 Å². The highest BCUT2D eigenvalue weighted by molar-refractivity contribution is 7.93. The van der Waals surface area contributed by atoms with Crippen molar-refractivity contribution in [3.05, 3.63) is 51.9 Å². The molecule has 5 nitrogen and oxygen atoms in total. The van der Waals surface area contributed by atoms with E-state index in [0.29, 0.717) is 34.1 Å². The van der Waals surface area contributed by atoms with Gasteiger partial charge in [-0.05, 0) is 81.7 Å². The average Bonchev–Trinajstić information content (AvgIpc) is 3.29. The average molecular weight is 513 g/mol. The Morgan fingerprint density at radius 1 is 0.879 bits per heavy atom. The van der Waals surface area contributed by atoms with E-state index in [-0.39, 0.29) is 11.5 Å². The summed E-state index contributed by atoms with van der Waals surface area (Å²) < 4.78 is 25.7. The Morgan fingerprint density at radius 2 is 1.52 bits per heavy atom. The van der Waals surface area contributed by atoms with E-state index in [0.717, 1.165) is 50.2 Å². The van der Waals surface area contributed by atoms with E-state index in [4.69, 9.17) is 17.3 Å². The fourth-order valence-corrected chi connectivity index (χ4v) is 6.56. The summed E-state index contributed by atoms with van der Waals surface area (Å²) in [5.41, 5.74) is 6.09. The van der Waals surface area contributed by atoms with Gasteiger partial charge in [0.2, 0.25) is 0 Å². The number of hydrogen-bond acceptors (Lipinski definition) is 6. The predicted octanol–water partition coefficient (Wildman–Crippen LogP) is 5.66. The van der Waals surface area contributed by atoms with Gasteiger partial charge < -0.3 is 11.1 Å². The third-order valence-corrected chi connectivity index (χ3v) is 9.31. The van der Waals surface area contributed by atoms with E-state index in [2.05, 4.69) is 5.32 Å². The van der Waals surface area contributed by atoms with Crippen molar-refractivity contribution < 1.29 is 13.2 Å². The van der Waals surface area contributed by atoms with Crippen molar-refractivity contribution in [2.45, 2.75) is 68.4 Å². The maximum absolute atomic E-state index is 12.6. The molecule has 2 aromatic rings. The standard InChI is InChI=1S/C25H37ClN2O3S2/c26-22-11-9-21(10-12-22)24(29)15-13-23-14-16-25(32-23)33(30,31)20-7-5-3-1-2-4-6-18-28-19-8-17-27/h9-12,14,16,28H,1-8,13,15,17-20,27H2. The number of thiophene rings is 1. The number of Topliss-reactive ketones (excluding diaryl/α,β-unsaturated/α-hetero) is 1. The number of nitrogens with one attached hydrogen (secondary N) is 1. The number of unbranched alkanes of at least 4 members (excludes halogenated alkanes) is 6. The Kier molecular flexibility index (Phi) is 13.2. The SMILES string of the molecule is NCCCNCCCCCCCCCS(=O)(=O)c1ccc(CCC(=O)c2ccc(Cl)cc2)s1. The van der Waals surface area contributed by atoms with E-state index >= 15 is 0 Å². The Hall–Kier alpha value is -1.25. The smallest absolute Gasteiger partial charge is 0.187 e. The lowest BCUT2D eigenvalue weighted by molar-refractivity contribution is 0.0983. The van der Waals surface area contributed by atoms with E-state index < -0.39 is 9.84 Å². The first-order valence-electron chi connectivity index (χ1n) is 11.9. The minimum Gasteiger partial charge on any atom is -0.330 e. The van der Waals surface area contributed by atoms with Gasteiger partial charge in [0.15, 0.2) is 15.6 Å². The highest BCUT2D eigenvalue weighted by atomic mass is 35.5. The van der Waals surface area contributed by atoms with Crippen LogP contribution < -0.4 is 11.1 Å². The molecular weight excluding hydrogens is 476 g/mol. The number of rotatable bonds is 18. The Morgan fingerprint density at radius 3 is 2.21 bits per heavy atom. The number of benzene rings is 1. The number of nitrogens with two attached hydrogens (primary N) is 1. The molecule has 0 saturated heterocycles. The summed E-state index contributed by atoms with van der Waals surface area (Å²) in [6, 6.07) is 10.4. The van der Waals surface area contributed by atoms with Gasteiger partial charge in [-0.2, -0.15) is 0 Å². The fraction of sp³-hybridized carbons (Fsp3) is 0.560. The van der Waals surface area contributed by atoms with Gasteiger partial charge in [0, 0.05) is 21.9 Å². The van der Waals surface area contributed by atoms with Gasteiger partial charge in [-0.3, -0.25) is 4.79 Å². The molecule has 2 rings (SSSR count). The first-order valence-corrected chi connectivity index (χ1v) is 14.8. The molecule has 0 aliphatic carbocycles. The molecule has 0 saturated carbocycles. The Bertz CT molecular complexity index is 927. The number of aryl methyl sites for hydroxylation is 1. The summed E-state index contributed by atoms with van der Waals surface area (Å²) in [6.07, 6.45) is 9.42. The quantitative estimate of drug-likeness (QED) is 0.199. The van der Waals surface area contributed by atoms with Crippen LogP contribution in [0.1, 0.15) is 73.0 Å². The first-order chi connectivity index (χ1) is 15.9. The molecule has 0 radical (unpaired) electrons. The van der Waals surface area contributed by atoms with Crippen molar-refractivity contribution >= 4 is 38.6 Å². The maximum atomic E-state index is 12.6. The summed E-state index contributed by atoms with van der Waals surface area (Å²) in [5, 5.41) is 3.99. The van der Waals surface area contributed by atoms with Gasteiger partial charge in [-0.25, -0.2) is 8.42 Å². The second-order valence-corrected chi connectivity index (χ2v) is 12.3. The van der Waals surface area contributed by atoms with Crippen molar-refractivity contribution in [2.75, 3.05) is 25.4 Å². The highest BCUT2D eigenvalue weighted by Gasteiger charge is 2.17. The van der Waals surface area contributed by atoms with E-state index in [9.17, 15) is 13.2 Å². The molecule has 1 aromatic carbocycles. The second-order valence-electron chi connectivity index (χ2n) is 8.34. The minimum absolute atomic E-state index is 0.0346. The van der Waals surface area contributed by atoms with Crippen LogP contribution in [0, 0.1) is 0 Å². The van der Waals surface area contributed by atoms with Gasteiger partial charge in [-0.15, -0.1) is 11.3 Å². The maximum Gasteiger partial charge on any atom is 0.187 e. The van der Waals surface area contributed by atoms with Crippen LogP contribution in [0.4, 0.5) is 0 Å². The van der Waals surface area contributed by atoms with Crippen molar-refractivity contribution in [2.24, 2.45) is 5.73 Å². The lowest BCUT2D eigenvalue weighted by Gasteiger charge is -2.04. The summed E-state index contributed by atoms with van der Waals surface area (Å²) in [5.74, 6) is 0.231. The molecule has 184 valence electrons. The van der Waals surface area contributed by atoms with Crippen molar-refractivity contribution in [3.63, 3.8) is 0 Å². The molecule has 0 fully saturated rings. The van der Waals surface area contributed by atoms with E-state index in [1.165, 1.54) is 30.6 Å². The summed E-state index contributed by atoms with van der Waals surface area (Å²) >= 11 is 7.15. The van der Waals surface area contributed by atoms with Crippen LogP contribution in [-0.2, 0) is 16.3 Å². The molecule has 33 heavy (non-hydrogen) atoms. The molecule has 0 bridgehead atoms. The minimum atomic E-state index is -3.25. The zero-order valence-corrected chi connectivity index (χ0v) is 21.7. The molecule has 1 aromatic heterocycles. The lowest BCUT2D eigenvalue weighted by atomic mass is 10.1. The number of ketones is 1. The number of carbonyl (C=O) groups excluding carboxylic acids is 1. The van der Waals surface area contributed by atoms with E-state index in [1.54, 1.807) is 30.3 Å². The molecule has 3 N–H and O–H groups in total. The van der Waals surface area contributed by atoms with Crippen molar-refractivity contribution in [3.8, 4) is 0 Å². The summed E-state index contributed by atoms with van der Waals surface area (Å²) in [7, 11) is -3.25. The number of sulfone groups is 1. The Balaban J connectivity index is 1.60. The van der Waals surface area contributed by atoms with Gasteiger partial charge in [-0.1, -0.05) is 43.7 Å². The lowest BCUT2D eigenvalue weighted by Crippen LogP contribution is -2.19. The van der Waals surface area contributed by atoms with Crippen LogP contribution in [0.2, 0.25) is 5.02 Å². The van der Waals surface area contributed by atoms with Crippen LogP contribution >= 0.6 is 22.9 Å². The summed E-state index contributed by atoms with van der Waals surface area (Å²) in [6.45, 7) is 2.79. The molecule has 0 spiro atoms. The number of halogens is 1. The first kappa shape index (κ1) is 28.0. The molecule has 0 atom stereocenters. The predicted molar refractivity (Wildman–Crippen MR) is 139 cm³/mol. The van der Waals surface area contributed by atoms with Crippen LogP contribution in [-0.4, -0.2) is 39.6 Å². The largest absolute Gasteiger partial charge is 0.330 e. The van der Waals surface area contributed by atoms with E-state index in [1.807, 2.05) is 6.07 Å². The third-order valence-electron chi connectivity index (χ3n) is 5.53. The molecule has 0 aliphatic rings. The van der Waals surface area contributed by atoms with Gasteiger partial charge in [0.05, 0.1) is 5.75 Å². The zero-order chi connectivity index (χ0) is 23.9. The van der Waals surface area contributed by atoms with Gasteiger partial charge in [0.1, 0.15) is 4.21 Å². The van der Waals surface area contributed by atoms with Gasteiger partial charge in [0.25, 0.3) is 0 Å². The molecule has 8 heteroatoms. The molecule has 0 amide bonds. The van der Waals surface area contributed by atoms with Crippen LogP contribution in [0.3, 0.4) is 0 Å². The summed E-state index contributed by atoms with van der Waals surface area (Å²) in [4.78, 5) is 13.2. The second kappa shape index (κ2) is 15.6. The number of hydrogen-bond donors (Lipinski definition) is 2. The van der Waals surface area contributed by atoms with Crippen LogP contribution in [0.25, 0.3) is 0 Å². The zero-order valence-electron chi connectivity index (χ0n) is 19.4. The van der Waals surface area contributed by atoms with Crippen molar-refractivity contribution in [1.82, 2.24) is 5.32 Å². The van der Waals surface area contributed by atoms with Crippen LogP contribution in [0.5, 0.6) is 0 Å². The molecule has 0 unspecified atom stereocenters. The monoisotopic (exact) mass is 512 g/mol. The van der Waals surface area contributed by atoms with Crippen LogP contribution in [0.15, 0.2) is 40.6 Å². The molecule has 1 heterocycles. The molecular formula is C25H37ClN2O3S2. The highest BCUT2D eigenvalue weighted by Crippen LogP contribution is 2.25. The Labute approximate surface area is 208 Å². The molecule has 0 aliphatic heterocycles. The topological polar surface area (TPSA) is 89.3 Å². The third kappa shape index (κ3) is 11.1. The van der Waals surface area contributed by atoms with Crippen molar-refractivity contribution in [1.29, 1.82) is 0 Å². The fourth-order valence-electron chi connectivity index (χ4n) is 3.56.